The Labute approximate surface area is 189 Å². The van der Waals surface area contributed by atoms with Crippen LogP contribution in [0.1, 0.15) is 60.9 Å². The fraction of sp³-hybridized carbons (Fsp3) is 0.346. The molecule has 0 N–H and O–H groups in total. The number of amides is 1. The zero-order valence-electron chi connectivity index (χ0n) is 19.4. The largest absolute Gasteiger partial charge is 0.485 e. The molecule has 0 bridgehead atoms. The minimum atomic E-state index is -0.450. The van der Waals surface area contributed by atoms with E-state index in [-0.39, 0.29) is 30.3 Å². The molecule has 0 saturated carbocycles. The molecule has 0 fully saturated rings. The third-order valence-electron chi connectivity index (χ3n) is 4.91. The Bertz CT molecular complexity index is 986. The summed E-state index contributed by atoms with van der Waals surface area (Å²) in [4.78, 5) is 38.4. The summed E-state index contributed by atoms with van der Waals surface area (Å²) in [5.74, 6) is -0.200. The number of nitrogens with zero attached hydrogens (tertiary/aromatic N) is 1. The first kappa shape index (κ1) is 24.9. The lowest BCUT2D eigenvalue weighted by Crippen LogP contribution is -2.31. The molecule has 0 radical (unpaired) electrons. The van der Waals surface area contributed by atoms with Gasteiger partial charge in [0.2, 0.25) is 5.91 Å². The fourth-order valence-corrected chi connectivity index (χ4v) is 3.25. The third kappa shape index (κ3) is 6.30. The number of benzene rings is 2. The second-order valence-corrected chi connectivity index (χ2v) is 8.37. The molecule has 0 heterocycles. The molecule has 1 amide bonds. The van der Waals surface area contributed by atoms with Crippen LogP contribution in [0.15, 0.2) is 55.1 Å². The first-order valence-electron chi connectivity index (χ1n) is 10.5. The summed E-state index contributed by atoms with van der Waals surface area (Å²) in [6, 6.07) is 11.8. The predicted molar refractivity (Wildman–Crippen MR) is 126 cm³/mol. The topological polar surface area (TPSA) is 72.9 Å². The highest BCUT2D eigenvalue weighted by molar-refractivity contribution is 5.99. The van der Waals surface area contributed by atoms with Gasteiger partial charge in [-0.2, -0.15) is 0 Å². The average molecular weight is 438 g/mol. The highest BCUT2D eigenvalue weighted by Gasteiger charge is 2.24. The predicted octanol–water partition coefficient (Wildman–Crippen LogP) is 4.96. The molecule has 32 heavy (non-hydrogen) atoms. The molecule has 2 rings (SSSR count). The van der Waals surface area contributed by atoms with E-state index in [0.29, 0.717) is 23.4 Å². The van der Waals surface area contributed by atoms with E-state index in [1.165, 1.54) is 13.0 Å². The summed E-state index contributed by atoms with van der Waals surface area (Å²) in [7, 11) is 0. The summed E-state index contributed by atoms with van der Waals surface area (Å²) < 4.78 is 10.6. The van der Waals surface area contributed by atoms with Crippen LogP contribution in [-0.4, -0.2) is 37.4 Å². The molecule has 170 valence electrons. The minimum Gasteiger partial charge on any atom is -0.485 e. The monoisotopic (exact) mass is 437 g/mol. The number of rotatable bonds is 9. The van der Waals surface area contributed by atoms with Crippen molar-refractivity contribution >= 4 is 23.3 Å². The van der Waals surface area contributed by atoms with Gasteiger partial charge in [-0.25, -0.2) is 4.79 Å². The second kappa shape index (κ2) is 10.8. The molecule has 6 nitrogen and oxygen atoms in total. The van der Waals surface area contributed by atoms with Gasteiger partial charge in [-0.1, -0.05) is 33.4 Å². The van der Waals surface area contributed by atoms with Crippen LogP contribution in [0.25, 0.3) is 0 Å². The molecule has 0 spiro atoms. The van der Waals surface area contributed by atoms with Crippen LogP contribution >= 0.6 is 0 Å². The van der Waals surface area contributed by atoms with Crippen molar-refractivity contribution in [2.45, 2.75) is 40.0 Å². The van der Waals surface area contributed by atoms with E-state index in [2.05, 4.69) is 6.58 Å². The standard InChI is InChI=1S/C26H31NO5/c1-7-15-31-25(30)19-9-12-21(13-10-19)32-17-24(29)20-11-14-23(27(8-2)18(3)28)22(16-20)26(4,5)6/h7,9-14,16H,1,8,15,17H2,2-6H3. The lowest BCUT2D eigenvalue weighted by molar-refractivity contribution is -0.116. The summed E-state index contributed by atoms with van der Waals surface area (Å²) in [6.45, 7) is 13.6. The van der Waals surface area contributed by atoms with Gasteiger partial charge in [-0.15, -0.1) is 0 Å². The van der Waals surface area contributed by atoms with Crippen molar-refractivity contribution in [3.63, 3.8) is 0 Å². The number of hydrogen-bond acceptors (Lipinski definition) is 5. The van der Waals surface area contributed by atoms with Crippen molar-refractivity contribution in [2.24, 2.45) is 0 Å². The first-order valence-corrected chi connectivity index (χ1v) is 10.5. The zero-order chi connectivity index (χ0) is 23.9. The van der Waals surface area contributed by atoms with Crippen molar-refractivity contribution in [3.05, 3.63) is 71.8 Å². The summed E-state index contributed by atoms with van der Waals surface area (Å²) in [5, 5.41) is 0. The van der Waals surface area contributed by atoms with E-state index in [0.717, 1.165) is 11.3 Å². The van der Waals surface area contributed by atoms with Crippen LogP contribution < -0.4 is 9.64 Å². The van der Waals surface area contributed by atoms with Gasteiger partial charge in [0.1, 0.15) is 12.4 Å². The maximum absolute atomic E-state index is 12.8. The number of ketones is 1. The lowest BCUT2D eigenvalue weighted by Gasteiger charge is -2.29. The van der Waals surface area contributed by atoms with Crippen LogP contribution in [-0.2, 0) is 14.9 Å². The summed E-state index contributed by atoms with van der Waals surface area (Å²) >= 11 is 0. The molecule has 0 aliphatic heterocycles. The average Bonchev–Trinajstić information content (AvgIpc) is 2.75. The highest BCUT2D eigenvalue weighted by Crippen LogP contribution is 2.33. The van der Waals surface area contributed by atoms with E-state index >= 15 is 0 Å². The fourth-order valence-electron chi connectivity index (χ4n) is 3.25. The Morgan fingerprint density at radius 1 is 1.03 bits per heavy atom. The summed E-state index contributed by atoms with van der Waals surface area (Å²) in [5.41, 5.74) is 2.38. The van der Waals surface area contributed by atoms with Crippen LogP contribution in [0.5, 0.6) is 5.75 Å². The van der Waals surface area contributed by atoms with Gasteiger partial charge >= 0.3 is 5.97 Å². The first-order chi connectivity index (χ1) is 15.1. The molecule has 6 heteroatoms. The van der Waals surface area contributed by atoms with Gasteiger partial charge in [-0.3, -0.25) is 9.59 Å². The van der Waals surface area contributed by atoms with Crippen molar-refractivity contribution in [1.82, 2.24) is 0 Å². The molecule has 2 aromatic carbocycles. The second-order valence-electron chi connectivity index (χ2n) is 8.37. The number of hydrogen-bond donors (Lipinski definition) is 0. The van der Waals surface area contributed by atoms with Gasteiger partial charge in [-0.05, 0) is 60.4 Å². The molecular formula is C26H31NO5. The van der Waals surface area contributed by atoms with E-state index in [9.17, 15) is 14.4 Å². The van der Waals surface area contributed by atoms with Crippen LogP contribution in [0.3, 0.4) is 0 Å². The molecule has 0 unspecified atom stereocenters. The van der Waals surface area contributed by atoms with Crippen molar-refractivity contribution in [1.29, 1.82) is 0 Å². The number of anilines is 1. The van der Waals surface area contributed by atoms with E-state index < -0.39 is 5.97 Å². The van der Waals surface area contributed by atoms with Crippen molar-refractivity contribution < 1.29 is 23.9 Å². The molecule has 0 aliphatic carbocycles. The Morgan fingerprint density at radius 2 is 1.66 bits per heavy atom. The molecule has 0 aliphatic rings. The Balaban J connectivity index is 2.15. The maximum atomic E-state index is 12.8. The SMILES string of the molecule is C=CCOC(=O)c1ccc(OCC(=O)c2ccc(N(CC)C(C)=O)c(C(C)(C)C)c2)cc1. The van der Waals surface area contributed by atoms with Crippen molar-refractivity contribution in [3.8, 4) is 5.75 Å². The highest BCUT2D eigenvalue weighted by atomic mass is 16.5. The molecular weight excluding hydrogens is 406 g/mol. The van der Waals surface area contributed by atoms with Gasteiger partial charge in [0, 0.05) is 24.7 Å². The lowest BCUT2D eigenvalue weighted by atomic mass is 9.84. The van der Waals surface area contributed by atoms with Gasteiger partial charge in [0.25, 0.3) is 0 Å². The smallest absolute Gasteiger partial charge is 0.338 e. The van der Waals surface area contributed by atoms with Gasteiger partial charge < -0.3 is 14.4 Å². The quantitative estimate of drug-likeness (QED) is 0.315. The number of carbonyl (C=O) groups is 3. The zero-order valence-corrected chi connectivity index (χ0v) is 19.4. The Morgan fingerprint density at radius 3 is 2.19 bits per heavy atom. The summed E-state index contributed by atoms with van der Waals surface area (Å²) in [6.07, 6.45) is 1.50. The van der Waals surface area contributed by atoms with Crippen LogP contribution in [0.2, 0.25) is 0 Å². The molecule has 0 aromatic heterocycles. The van der Waals surface area contributed by atoms with Gasteiger partial charge in [0.15, 0.2) is 12.4 Å². The number of esters is 1. The van der Waals surface area contributed by atoms with E-state index in [1.54, 1.807) is 35.2 Å². The molecule has 0 atom stereocenters. The van der Waals surface area contributed by atoms with E-state index in [1.807, 2.05) is 39.8 Å². The number of carbonyl (C=O) groups excluding carboxylic acids is 3. The molecule has 2 aromatic rings. The van der Waals surface area contributed by atoms with Gasteiger partial charge in [0.05, 0.1) is 5.56 Å². The Hall–Kier alpha value is -3.41. The normalized spacial score (nSPS) is 10.9. The number of ether oxygens (including phenoxy) is 2. The Kier molecular flexibility index (Phi) is 8.35. The maximum Gasteiger partial charge on any atom is 0.338 e. The minimum absolute atomic E-state index is 0.0442. The van der Waals surface area contributed by atoms with Crippen LogP contribution in [0.4, 0.5) is 5.69 Å². The van der Waals surface area contributed by atoms with E-state index in [4.69, 9.17) is 9.47 Å². The molecule has 0 saturated heterocycles. The third-order valence-corrected chi connectivity index (χ3v) is 4.91. The van der Waals surface area contributed by atoms with Crippen LogP contribution in [0, 0.1) is 0 Å². The van der Waals surface area contributed by atoms with Crippen molar-refractivity contribution in [2.75, 3.05) is 24.7 Å². The number of Topliss-reactive ketones (excluding diaryl/α,β-unsaturated/α-hetero) is 1.